The Morgan fingerprint density at radius 3 is 2.53 bits per heavy atom. The minimum Gasteiger partial charge on any atom is -0.336 e. The predicted octanol–water partition coefficient (Wildman–Crippen LogP) is 5.64. The number of aryl methyl sites for hydroxylation is 2. The van der Waals surface area contributed by atoms with Crippen LogP contribution in [0.4, 0.5) is 21.6 Å². The van der Waals surface area contributed by atoms with Gasteiger partial charge < -0.3 is 20.5 Å². The highest BCUT2D eigenvalue weighted by atomic mass is 19.1. The van der Waals surface area contributed by atoms with E-state index in [1.807, 2.05) is 43.4 Å². The number of hydrogen-bond acceptors (Lipinski definition) is 5. The normalized spacial score (nSPS) is 10.8. The molecule has 0 saturated carbocycles. The number of unbranched alkanes of at least 4 members (excludes halogenated alkanes) is 1. The van der Waals surface area contributed by atoms with Crippen LogP contribution in [0.25, 0.3) is 11.3 Å². The highest BCUT2D eigenvalue weighted by molar-refractivity contribution is 6.05. The Morgan fingerprint density at radius 1 is 1.03 bits per heavy atom. The van der Waals surface area contributed by atoms with Crippen LogP contribution in [0.1, 0.15) is 41.3 Å². The van der Waals surface area contributed by atoms with Crippen LogP contribution in [-0.4, -0.2) is 22.5 Å². The SMILES string of the molecule is CCCCc1ccccc1C(=O)Nc1cccc(-c2cn(C)c(=O)c(Nc3ccc(CNC)cc3)n2)c1F. The van der Waals surface area contributed by atoms with Gasteiger partial charge in [-0.3, -0.25) is 9.59 Å². The van der Waals surface area contributed by atoms with Gasteiger partial charge in [0.25, 0.3) is 11.5 Å². The standard InChI is InChI=1S/C30H32FN5O2/c1-4-5-9-21-10-6-7-11-23(21)29(37)35-25-13-8-12-24(27(25)31)26-19-36(3)30(38)28(34-26)33-22-16-14-20(15-17-22)18-32-2/h6-8,10-17,19,32H,4-5,9,18H2,1-3H3,(H,33,34)(H,35,37). The molecule has 38 heavy (non-hydrogen) atoms. The number of rotatable bonds is 10. The Morgan fingerprint density at radius 2 is 1.79 bits per heavy atom. The molecule has 8 heteroatoms. The second-order valence-corrected chi connectivity index (χ2v) is 9.13. The van der Waals surface area contributed by atoms with Crippen molar-refractivity contribution in [2.75, 3.05) is 17.7 Å². The quantitative estimate of drug-likeness (QED) is 0.255. The zero-order valence-corrected chi connectivity index (χ0v) is 21.8. The third kappa shape index (κ3) is 6.15. The summed E-state index contributed by atoms with van der Waals surface area (Å²) in [5.74, 6) is -0.921. The highest BCUT2D eigenvalue weighted by Crippen LogP contribution is 2.28. The second-order valence-electron chi connectivity index (χ2n) is 9.13. The summed E-state index contributed by atoms with van der Waals surface area (Å²) in [6.07, 6.45) is 4.23. The lowest BCUT2D eigenvalue weighted by Crippen LogP contribution is -2.21. The van der Waals surface area contributed by atoms with Gasteiger partial charge in [-0.25, -0.2) is 9.37 Å². The lowest BCUT2D eigenvalue weighted by atomic mass is 10.0. The molecule has 1 heterocycles. The first-order valence-corrected chi connectivity index (χ1v) is 12.7. The summed E-state index contributed by atoms with van der Waals surface area (Å²) in [5.41, 5.74) is 3.38. The number of nitrogens with zero attached hydrogens (tertiary/aromatic N) is 2. The van der Waals surface area contributed by atoms with E-state index in [0.717, 1.165) is 36.9 Å². The van der Waals surface area contributed by atoms with Crippen molar-refractivity contribution in [1.29, 1.82) is 0 Å². The number of aromatic nitrogens is 2. The number of halogens is 1. The lowest BCUT2D eigenvalue weighted by molar-refractivity contribution is 0.102. The molecule has 0 aliphatic carbocycles. The third-order valence-corrected chi connectivity index (χ3v) is 6.25. The average molecular weight is 514 g/mol. The molecule has 0 saturated heterocycles. The van der Waals surface area contributed by atoms with Crippen molar-refractivity contribution in [3.05, 3.63) is 106 Å². The molecule has 196 valence electrons. The van der Waals surface area contributed by atoms with Gasteiger partial charge in [-0.2, -0.15) is 0 Å². The molecule has 3 aromatic carbocycles. The van der Waals surface area contributed by atoms with E-state index < -0.39 is 5.82 Å². The van der Waals surface area contributed by atoms with Crippen LogP contribution in [0.2, 0.25) is 0 Å². The summed E-state index contributed by atoms with van der Waals surface area (Å²) in [5, 5.41) is 8.85. The smallest absolute Gasteiger partial charge is 0.293 e. The molecule has 7 nitrogen and oxygen atoms in total. The van der Waals surface area contributed by atoms with Crippen LogP contribution in [0.15, 0.2) is 77.7 Å². The van der Waals surface area contributed by atoms with E-state index in [9.17, 15) is 9.59 Å². The van der Waals surface area contributed by atoms with Crippen LogP contribution in [0.5, 0.6) is 0 Å². The van der Waals surface area contributed by atoms with Gasteiger partial charge in [0.1, 0.15) is 0 Å². The number of amides is 1. The fourth-order valence-corrected chi connectivity index (χ4v) is 4.21. The Balaban J connectivity index is 1.62. The van der Waals surface area contributed by atoms with Gasteiger partial charge in [0.05, 0.1) is 11.4 Å². The number of carbonyl (C=O) groups is 1. The van der Waals surface area contributed by atoms with Crippen molar-refractivity contribution in [3.63, 3.8) is 0 Å². The van der Waals surface area contributed by atoms with E-state index in [1.54, 1.807) is 31.3 Å². The summed E-state index contributed by atoms with van der Waals surface area (Å²) in [4.78, 5) is 30.3. The molecule has 0 bridgehead atoms. The molecule has 3 N–H and O–H groups in total. The molecule has 0 unspecified atom stereocenters. The van der Waals surface area contributed by atoms with Gasteiger partial charge in [0.2, 0.25) is 0 Å². The van der Waals surface area contributed by atoms with Gasteiger partial charge in [0.15, 0.2) is 11.6 Å². The third-order valence-electron chi connectivity index (χ3n) is 6.25. The van der Waals surface area contributed by atoms with E-state index in [2.05, 4.69) is 27.9 Å². The first-order valence-electron chi connectivity index (χ1n) is 12.7. The maximum atomic E-state index is 15.7. The van der Waals surface area contributed by atoms with E-state index in [-0.39, 0.29) is 34.2 Å². The van der Waals surface area contributed by atoms with Gasteiger partial charge in [-0.05, 0) is 61.3 Å². The zero-order chi connectivity index (χ0) is 27.1. The van der Waals surface area contributed by atoms with E-state index in [0.29, 0.717) is 11.3 Å². The van der Waals surface area contributed by atoms with Crippen molar-refractivity contribution in [2.24, 2.45) is 7.05 Å². The van der Waals surface area contributed by atoms with Crippen LogP contribution >= 0.6 is 0 Å². The van der Waals surface area contributed by atoms with E-state index in [4.69, 9.17) is 0 Å². The Hall–Kier alpha value is -4.30. The van der Waals surface area contributed by atoms with Crippen molar-refractivity contribution in [2.45, 2.75) is 32.7 Å². The Bertz CT molecular complexity index is 1480. The molecule has 1 amide bonds. The predicted molar refractivity (Wildman–Crippen MR) is 150 cm³/mol. The fraction of sp³-hybridized carbons (Fsp3) is 0.233. The van der Waals surface area contributed by atoms with Gasteiger partial charge >= 0.3 is 0 Å². The molecule has 0 aliphatic heterocycles. The number of nitrogens with one attached hydrogen (secondary N) is 3. The van der Waals surface area contributed by atoms with Crippen molar-refractivity contribution >= 4 is 23.1 Å². The van der Waals surface area contributed by atoms with Gasteiger partial charge in [-0.15, -0.1) is 0 Å². The summed E-state index contributed by atoms with van der Waals surface area (Å²) in [6.45, 7) is 2.82. The van der Waals surface area contributed by atoms with Crippen LogP contribution in [0, 0.1) is 5.82 Å². The second kappa shape index (κ2) is 12.3. The zero-order valence-electron chi connectivity index (χ0n) is 21.8. The molecule has 4 rings (SSSR count). The molecule has 0 fully saturated rings. The van der Waals surface area contributed by atoms with Crippen LogP contribution in [0.3, 0.4) is 0 Å². The van der Waals surface area contributed by atoms with E-state index in [1.165, 1.54) is 16.8 Å². The first-order chi connectivity index (χ1) is 18.4. The first kappa shape index (κ1) is 26.8. The molecular formula is C30H32FN5O2. The van der Waals surface area contributed by atoms with Crippen LogP contribution < -0.4 is 21.5 Å². The highest BCUT2D eigenvalue weighted by Gasteiger charge is 2.18. The maximum Gasteiger partial charge on any atom is 0.293 e. The maximum absolute atomic E-state index is 15.7. The molecular weight excluding hydrogens is 481 g/mol. The summed E-state index contributed by atoms with van der Waals surface area (Å²) in [7, 11) is 3.46. The molecule has 0 radical (unpaired) electrons. The number of carbonyl (C=O) groups excluding carboxylic acids is 1. The average Bonchev–Trinajstić information content (AvgIpc) is 2.92. The molecule has 0 atom stereocenters. The minimum atomic E-state index is -0.625. The van der Waals surface area contributed by atoms with Gasteiger partial charge in [0, 0.05) is 36.6 Å². The van der Waals surface area contributed by atoms with E-state index >= 15 is 4.39 Å². The fourth-order valence-electron chi connectivity index (χ4n) is 4.21. The lowest BCUT2D eigenvalue weighted by Gasteiger charge is -2.14. The van der Waals surface area contributed by atoms with Crippen LogP contribution in [-0.2, 0) is 20.0 Å². The summed E-state index contributed by atoms with van der Waals surface area (Å²) >= 11 is 0. The minimum absolute atomic E-state index is 0.0445. The van der Waals surface area contributed by atoms with Gasteiger partial charge in [-0.1, -0.05) is 49.7 Å². The Kier molecular flexibility index (Phi) is 8.66. The molecule has 0 aliphatic rings. The van der Waals surface area contributed by atoms with Crippen molar-refractivity contribution in [1.82, 2.24) is 14.9 Å². The largest absolute Gasteiger partial charge is 0.336 e. The summed E-state index contributed by atoms with van der Waals surface area (Å²) < 4.78 is 17.0. The van der Waals surface area contributed by atoms with Crippen molar-refractivity contribution < 1.29 is 9.18 Å². The number of benzene rings is 3. The Labute approximate surface area is 221 Å². The molecule has 4 aromatic rings. The molecule has 0 spiro atoms. The monoisotopic (exact) mass is 513 g/mol. The number of anilines is 3. The number of hydrogen-bond donors (Lipinski definition) is 3. The molecule has 1 aromatic heterocycles. The topological polar surface area (TPSA) is 88.0 Å². The van der Waals surface area contributed by atoms with Crippen molar-refractivity contribution in [3.8, 4) is 11.3 Å². The summed E-state index contributed by atoms with van der Waals surface area (Å²) in [6, 6.07) is 19.7.